The molecule has 0 bridgehead atoms. The van der Waals surface area contributed by atoms with Crippen molar-refractivity contribution >= 4 is 33.3 Å². The number of nitrogens with one attached hydrogen (secondary N) is 1. The minimum Gasteiger partial charge on any atom is -0.369 e. The molecule has 2 heterocycles. The van der Waals surface area contributed by atoms with E-state index in [4.69, 9.17) is 11.6 Å². The predicted octanol–water partition coefficient (Wildman–Crippen LogP) is 3.59. The van der Waals surface area contributed by atoms with Crippen LogP contribution < -0.4 is 5.32 Å². The van der Waals surface area contributed by atoms with Gasteiger partial charge in [0, 0.05) is 23.7 Å². The molecule has 2 atom stereocenters. The van der Waals surface area contributed by atoms with E-state index in [1.165, 1.54) is 18.4 Å². The minimum absolute atomic E-state index is 0.290. The summed E-state index contributed by atoms with van der Waals surface area (Å²) in [5.74, 6) is 1.76. The molecule has 2 aliphatic rings. The standard InChI is InChI=1S/C11H12BrClN2/c1-2-6-3-11(6)5-15-10-8(11)9(13)7(12)4-14-10/h4,6H,2-3,5H2,1H3,(H,14,15)/t6?,11-/m1/s1. The Balaban J connectivity index is 2.14. The van der Waals surface area contributed by atoms with Crippen molar-refractivity contribution in [1.82, 2.24) is 4.98 Å². The average Bonchev–Trinajstić information content (AvgIpc) is 2.81. The number of hydrogen-bond donors (Lipinski definition) is 1. The van der Waals surface area contributed by atoms with E-state index in [1.54, 1.807) is 6.20 Å². The first-order chi connectivity index (χ1) is 7.19. The van der Waals surface area contributed by atoms with Gasteiger partial charge in [0.05, 0.1) is 9.50 Å². The summed E-state index contributed by atoms with van der Waals surface area (Å²) < 4.78 is 0.910. The van der Waals surface area contributed by atoms with Crippen LogP contribution in [0, 0.1) is 5.92 Å². The topological polar surface area (TPSA) is 24.9 Å². The van der Waals surface area contributed by atoms with Crippen LogP contribution in [0.3, 0.4) is 0 Å². The first-order valence-corrected chi connectivity index (χ1v) is 6.44. The van der Waals surface area contributed by atoms with E-state index in [0.29, 0.717) is 0 Å². The van der Waals surface area contributed by atoms with E-state index in [9.17, 15) is 0 Å². The molecule has 1 unspecified atom stereocenters. The van der Waals surface area contributed by atoms with Crippen LogP contribution in [0.2, 0.25) is 5.02 Å². The number of nitrogens with zero attached hydrogens (tertiary/aromatic N) is 1. The van der Waals surface area contributed by atoms with E-state index in [0.717, 1.165) is 27.8 Å². The molecule has 80 valence electrons. The molecule has 1 aliphatic carbocycles. The van der Waals surface area contributed by atoms with Crippen LogP contribution in [0.15, 0.2) is 10.7 Å². The van der Waals surface area contributed by atoms with Gasteiger partial charge in [0.25, 0.3) is 0 Å². The Morgan fingerprint density at radius 1 is 1.73 bits per heavy atom. The second-order valence-corrected chi connectivity index (χ2v) is 5.70. The molecule has 1 saturated carbocycles. The van der Waals surface area contributed by atoms with Gasteiger partial charge in [-0.1, -0.05) is 24.9 Å². The van der Waals surface area contributed by atoms with Crippen molar-refractivity contribution < 1.29 is 0 Å². The lowest BCUT2D eigenvalue weighted by Crippen LogP contribution is -2.12. The van der Waals surface area contributed by atoms with Crippen molar-refractivity contribution in [3.8, 4) is 0 Å². The Morgan fingerprint density at radius 2 is 2.53 bits per heavy atom. The molecule has 1 aliphatic heterocycles. The van der Waals surface area contributed by atoms with Crippen LogP contribution in [0.5, 0.6) is 0 Å². The van der Waals surface area contributed by atoms with Gasteiger partial charge in [0.2, 0.25) is 0 Å². The molecule has 3 rings (SSSR count). The highest BCUT2D eigenvalue weighted by Gasteiger charge is 2.59. The fraction of sp³-hybridized carbons (Fsp3) is 0.545. The molecule has 4 heteroatoms. The number of pyridine rings is 1. The molecule has 1 aromatic rings. The lowest BCUT2D eigenvalue weighted by atomic mass is 9.96. The Morgan fingerprint density at radius 3 is 3.20 bits per heavy atom. The summed E-state index contributed by atoms with van der Waals surface area (Å²) >= 11 is 9.81. The fourth-order valence-corrected chi connectivity index (χ4v) is 3.45. The van der Waals surface area contributed by atoms with Crippen molar-refractivity contribution in [1.29, 1.82) is 0 Å². The summed E-state index contributed by atoms with van der Waals surface area (Å²) in [5, 5.41) is 4.22. The first-order valence-electron chi connectivity index (χ1n) is 5.27. The number of halogens is 2. The van der Waals surface area contributed by atoms with Gasteiger partial charge in [-0.25, -0.2) is 4.98 Å². The maximum atomic E-state index is 6.36. The van der Waals surface area contributed by atoms with Crippen molar-refractivity contribution in [3.63, 3.8) is 0 Å². The molecule has 15 heavy (non-hydrogen) atoms. The van der Waals surface area contributed by atoms with Crippen LogP contribution in [-0.2, 0) is 5.41 Å². The molecule has 0 aromatic carbocycles. The van der Waals surface area contributed by atoms with Gasteiger partial charge < -0.3 is 5.32 Å². The Labute approximate surface area is 103 Å². The van der Waals surface area contributed by atoms with Gasteiger partial charge in [-0.15, -0.1) is 0 Å². The SMILES string of the molecule is CCC1C[C@@]12CNc1ncc(Br)c(Cl)c12. The monoisotopic (exact) mass is 286 g/mol. The van der Waals surface area contributed by atoms with E-state index in [-0.39, 0.29) is 5.41 Å². The Kier molecular flexibility index (Phi) is 2.05. The van der Waals surface area contributed by atoms with Crippen molar-refractivity contribution in [2.75, 3.05) is 11.9 Å². The number of fused-ring (bicyclic) bond motifs is 2. The molecule has 1 fully saturated rings. The zero-order valence-electron chi connectivity index (χ0n) is 8.48. The summed E-state index contributed by atoms with van der Waals surface area (Å²) in [7, 11) is 0. The highest BCUT2D eigenvalue weighted by atomic mass is 79.9. The molecule has 0 radical (unpaired) electrons. The lowest BCUT2D eigenvalue weighted by molar-refractivity contribution is 0.638. The second-order valence-electron chi connectivity index (χ2n) is 4.46. The van der Waals surface area contributed by atoms with Gasteiger partial charge in [0.15, 0.2) is 0 Å². The molecule has 2 nitrogen and oxygen atoms in total. The lowest BCUT2D eigenvalue weighted by Gasteiger charge is -2.11. The maximum Gasteiger partial charge on any atom is 0.131 e. The molecular formula is C11H12BrClN2. The summed E-state index contributed by atoms with van der Waals surface area (Å²) in [6.07, 6.45) is 4.25. The quantitative estimate of drug-likeness (QED) is 0.854. The van der Waals surface area contributed by atoms with Crippen molar-refractivity contribution in [3.05, 3.63) is 21.3 Å². The van der Waals surface area contributed by atoms with Gasteiger partial charge in [0.1, 0.15) is 5.82 Å². The van der Waals surface area contributed by atoms with Crippen LogP contribution >= 0.6 is 27.5 Å². The van der Waals surface area contributed by atoms with Crippen LogP contribution in [-0.4, -0.2) is 11.5 Å². The molecule has 0 saturated heterocycles. The van der Waals surface area contributed by atoms with Crippen molar-refractivity contribution in [2.45, 2.75) is 25.2 Å². The van der Waals surface area contributed by atoms with Gasteiger partial charge in [-0.05, 0) is 28.3 Å². The van der Waals surface area contributed by atoms with Crippen molar-refractivity contribution in [2.24, 2.45) is 5.92 Å². The third-order valence-electron chi connectivity index (χ3n) is 3.77. The van der Waals surface area contributed by atoms with Gasteiger partial charge in [-0.2, -0.15) is 0 Å². The van der Waals surface area contributed by atoms with Gasteiger partial charge >= 0.3 is 0 Å². The zero-order chi connectivity index (χ0) is 10.6. The highest BCUT2D eigenvalue weighted by Crippen LogP contribution is 2.62. The zero-order valence-corrected chi connectivity index (χ0v) is 10.8. The summed E-state index contributed by atoms with van der Waals surface area (Å²) in [6, 6.07) is 0. The molecule has 1 N–H and O–H groups in total. The largest absolute Gasteiger partial charge is 0.369 e. The number of anilines is 1. The smallest absolute Gasteiger partial charge is 0.131 e. The Bertz CT molecular complexity index is 435. The van der Waals surface area contributed by atoms with E-state index in [2.05, 4.69) is 33.2 Å². The number of rotatable bonds is 1. The van der Waals surface area contributed by atoms with Crippen LogP contribution in [0.1, 0.15) is 25.3 Å². The van der Waals surface area contributed by atoms with Gasteiger partial charge in [-0.3, -0.25) is 0 Å². The van der Waals surface area contributed by atoms with E-state index >= 15 is 0 Å². The summed E-state index contributed by atoms with van der Waals surface area (Å²) in [5.41, 5.74) is 1.53. The number of aromatic nitrogens is 1. The second kappa shape index (κ2) is 3.11. The fourth-order valence-electron chi connectivity index (χ4n) is 2.82. The molecule has 1 spiro atoms. The van der Waals surface area contributed by atoms with Crippen LogP contribution in [0.4, 0.5) is 5.82 Å². The normalized spacial score (nSPS) is 31.5. The van der Waals surface area contributed by atoms with Crippen LogP contribution in [0.25, 0.3) is 0 Å². The first kappa shape index (κ1) is 9.91. The third kappa shape index (κ3) is 1.19. The third-order valence-corrected chi connectivity index (χ3v) is 4.99. The highest BCUT2D eigenvalue weighted by molar-refractivity contribution is 9.10. The van der Waals surface area contributed by atoms with E-state index < -0.39 is 0 Å². The molecular weight excluding hydrogens is 275 g/mol. The number of hydrogen-bond acceptors (Lipinski definition) is 2. The molecule has 0 amide bonds. The summed E-state index contributed by atoms with van der Waals surface area (Å²) in [6.45, 7) is 3.25. The Hall–Kier alpha value is -0.280. The average molecular weight is 288 g/mol. The predicted molar refractivity (Wildman–Crippen MR) is 65.5 cm³/mol. The maximum absolute atomic E-state index is 6.36. The minimum atomic E-state index is 0.290. The van der Waals surface area contributed by atoms with E-state index in [1.807, 2.05) is 0 Å². The summed E-state index contributed by atoms with van der Waals surface area (Å²) in [4.78, 5) is 4.38. The molecule has 1 aromatic heterocycles.